The lowest BCUT2D eigenvalue weighted by atomic mass is 9.99. The molecule has 0 spiro atoms. The van der Waals surface area contributed by atoms with Crippen molar-refractivity contribution in [2.45, 2.75) is 19.5 Å². The number of anilines is 1. The zero-order valence-corrected chi connectivity index (χ0v) is 25.0. The first-order chi connectivity index (χ1) is 21.5. The molecule has 0 bridgehead atoms. The highest BCUT2D eigenvalue weighted by atomic mass is 16.5. The standard InChI is InChI=1S/C32H33N7O5/c1-41-27-14-20-9-10-38(19-23(20)15-28(27)42-2)11-12-39-36-31(35-37-39)24-16-29(43-3)30(44-4)17-26(24)34-32(40)22-13-21-7-5-6-8-25(21)33-18-22/h5-8,13-18H,9-12,19H2,1-4H3,(H,34,40). The Morgan fingerprint density at radius 3 is 2.34 bits per heavy atom. The molecule has 44 heavy (non-hydrogen) atoms. The number of para-hydroxylation sites is 1. The number of nitrogens with zero attached hydrogens (tertiary/aromatic N) is 6. The van der Waals surface area contributed by atoms with Crippen LogP contribution in [0.2, 0.25) is 0 Å². The van der Waals surface area contributed by atoms with Crippen LogP contribution in [0.5, 0.6) is 23.0 Å². The second-order valence-corrected chi connectivity index (χ2v) is 10.3. The molecule has 0 fully saturated rings. The Morgan fingerprint density at radius 1 is 0.864 bits per heavy atom. The fourth-order valence-corrected chi connectivity index (χ4v) is 5.37. The van der Waals surface area contributed by atoms with Gasteiger partial charge in [0.25, 0.3) is 5.91 Å². The highest BCUT2D eigenvalue weighted by Gasteiger charge is 2.22. The lowest BCUT2D eigenvalue weighted by molar-refractivity contribution is 0.102. The molecule has 12 nitrogen and oxygen atoms in total. The summed E-state index contributed by atoms with van der Waals surface area (Å²) >= 11 is 0. The summed E-state index contributed by atoms with van der Waals surface area (Å²) in [5, 5.41) is 17.1. The molecule has 3 aromatic carbocycles. The monoisotopic (exact) mass is 595 g/mol. The zero-order chi connectivity index (χ0) is 30.6. The number of carbonyl (C=O) groups excluding carboxylic acids is 1. The Hall–Kier alpha value is -5.23. The van der Waals surface area contributed by atoms with Crippen molar-refractivity contribution in [3.05, 3.63) is 77.5 Å². The number of tetrazole rings is 1. The van der Waals surface area contributed by atoms with Gasteiger partial charge in [-0.05, 0) is 53.1 Å². The molecule has 1 aliphatic rings. The van der Waals surface area contributed by atoms with E-state index in [1.54, 1.807) is 50.5 Å². The van der Waals surface area contributed by atoms with Gasteiger partial charge in [-0.15, -0.1) is 10.2 Å². The summed E-state index contributed by atoms with van der Waals surface area (Å²) in [6.45, 7) is 2.95. The van der Waals surface area contributed by atoms with Crippen LogP contribution in [0.3, 0.4) is 0 Å². The predicted molar refractivity (Wildman–Crippen MR) is 165 cm³/mol. The molecule has 1 N–H and O–H groups in total. The number of hydrogen-bond donors (Lipinski definition) is 1. The van der Waals surface area contributed by atoms with E-state index in [4.69, 9.17) is 18.9 Å². The van der Waals surface area contributed by atoms with Crippen LogP contribution in [-0.2, 0) is 19.5 Å². The highest BCUT2D eigenvalue weighted by Crippen LogP contribution is 2.38. The third-order valence-electron chi connectivity index (χ3n) is 7.73. The van der Waals surface area contributed by atoms with Crippen LogP contribution in [0.15, 0.2) is 60.8 Å². The van der Waals surface area contributed by atoms with Crippen LogP contribution in [0, 0.1) is 0 Å². The average Bonchev–Trinajstić information content (AvgIpc) is 3.54. The average molecular weight is 596 g/mol. The summed E-state index contributed by atoms with van der Waals surface area (Å²) in [7, 11) is 6.39. The Bertz CT molecular complexity index is 1820. The number of methoxy groups -OCH3 is 4. The Balaban J connectivity index is 1.20. The number of ether oxygens (including phenoxy) is 4. The van der Waals surface area contributed by atoms with Gasteiger partial charge in [-0.2, -0.15) is 4.80 Å². The van der Waals surface area contributed by atoms with E-state index in [-0.39, 0.29) is 5.91 Å². The van der Waals surface area contributed by atoms with Crippen LogP contribution in [0.4, 0.5) is 5.69 Å². The Morgan fingerprint density at radius 2 is 1.57 bits per heavy atom. The molecule has 1 aliphatic heterocycles. The van der Waals surface area contributed by atoms with E-state index >= 15 is 0 Å². The van der Waals surface area contributed by atoms with E-state index in [1.807, 2.05) is 30.3 Å². The summed E-state index contributed by atoms with van der Waals surface area (Å²) < 4.78 is 22.0. The molecule has 0 atom stereocenters. The maximum absolute atomic E-state index is 13.3. The van der Waals surface area contributed by atoms with E-state index in [9.17, 15) is 4.79 Å². The Labute approximate surface area is 254 Å². The lowest BCUT2D eigenvalue weighted by Crippen LogP contribution is -2.33. The van der Waals surface area contributed by atoms with Crippen molar-refractivity contribution >= 4 is 22.5 Å². The topological polar surface area (TPSA) is 126 Å². The van der Waals surface area contributed by atoms with Crippen LogP contribution in [-0.4, -0.2) is 77.5 Å². The molecule has 5 aromatic rings. The molecule has 0 saturated heterocycles. The van der Waals surface area contributed by atoms with Crippen molar-refractivity contribution in [1.82, 2.24) is 30.1 Å². The largest absolute Gasteiger partial charge is 0.493 e. The number of aromatic nitrogens is 5. The molecule has 0 saturated carbocycles. The minimum atomic E-state index is -0.330. The van der Waals surface area contributed by atoms with Gasteiger partial charge < -0.3 is 24.3 Å². The minimum Gasteiger partial charge on any atom is -0.493 e. The second-order valence-electron chi connectivity index (χ2n) is 10.3. The molecule has 0 aliphatic carbocycles. The van der Waals surface area contributed by atoms with E-state index in [0.717, 1.165) is 48.5 Å². The molecule has 0 unspecified atom stereocenters. The summed E-state index contributed by atoms with van der Waals surface area (Å²) in [5.74, 6) is 2.42. The molecule has 0 radical (unpaired) electrons. The lowest BCUT2D eigenvalue weighted by Gasteiger charge is -2.29. The first kappa shape index (κ1) is 28.9. The van der Waals surface area contributed by atoms with Gasteiger partial charge in [0.15, 0.2) is 23.0 Å². The molecular formula is C32H33N7O5. The van der Waals surface area contributed by atoms with Crippen LogP contribution < -0.4 is 24.3 Å². The molecule has 226 valence electrons. The summed E-state index contributed by atoms with van der Waals surface area (Å²) in [5.41, 5.74) is 4.71. The van der Waals surface area contributed by atoms with Gasteiger partial charge in [-0.25, -0.2) is 0 Å². The number of benzene rings is 3. The predicted octanol–water partition coefficient (Wildman–Crippen LogP) is 4.23. The summed E-state index contributed by atoms with van der Waals surface area (Å²) in [4.78, 5) is 21.7. The fraction of sp³-hybridized carbons (Fsp3) is 0.281. The maximum atomic E-state index is 13.3. The number of fused-ring (bicyclic) bond motifs is 2. The Kier molecular flexibility index (Phi) is 8.24. The van der Waals surface area contributed by atoms with Gasteiger partial charge >= 0.3 is 0 Å². The van der Waals surface area contributed by atoms with E-state index in [1.165, 1.54) is 18.2 Å². The van der Waals surface area contributed by atoms with Crippen molar-refractivity contribution < 1.29 is 23.7 Å². The fourth-order valence-electron chi connectivity index (χ4n) is 5.37. The van der Waals surface area contributed by atoms with Gasteiger partial charge in [-0.3, -0.25) is 14.7 Å². The van der Waals surface area contributed by atoms with Crippen LogP contribution in [0.25, 0.3) is 22.3 Å². The smallest absolute Gasteiger partial charge is 0.257 e. The first-order valence-corrected chi connectivity index (χ1v) is 14.2. The molecule has 12 heteroatoms. The highest BCUT2D eigenvalue weighted by molar-refractivity contribution is 6.07. The molecule has 3 heterocycles. The zero-order valence-electron chi connectivity index (χ0n) is 25.0. The second kappa shape index (κ2) is 12.6. The van der Waals surface area contributed by atoms with Crippen molar-refractivity contribution in [1.29, 1.82) is 0 Å². The summed E-state index contributed by atoms with van der Waals surface area (Å²) in [6.07, 6.45) is 2.46. The van der Waals surface area contributed by atoms with E-state index in [0.29, 0.717) is 40.7 Å². The minimum absolute atomic E-state index is 0.330. The molecule has 2 aromatic heterocycles. The SMILES string of the molecule is COc1cc2c(cc1OC)CN(CCn1nnc(-c3cc(OC)c(OC)cc3NC(=O)c3cnc4ccccc4c3)n1)CC2. The number of pyridine rings is 1. The third kappa shape index (κ3) is 5.84. The van der Waals surface area contributed by atoms with Crippen LogP contribution in [0.1, 0.15) is 21.5 Å². The number of hydrogen-bond acceptors (Lipinski definition) is 10. The number of amides is 1. The van der Waals surface area contributed by atoms with Gasteiger partial charge in [0, 0.05) is 37.3 Å². The number of carbonyl (C=O) groups is 1. The van der Waals surface area contributed by atoms with Crippen molar-refractivity contribution in [2.24, 2.45) is 0 Å². The van der Waals surface area contributed by atoms with Gasteiger partial charge in [-0.1, -0.05) is 18.2 Å². The van der Waals surface area contributed by atoms with Gasteiger partial charge in [0.05, 0.1) is 57.3 Å². The van der Waals surface area contributed by atoms with E-state index in [2.05, 4.69) is 36.7 Å². The molecular weight excluding hydrogens is 562 g/mol. The van der Waals surface area contributed by atoms with Crippen molar-refractivity contribution in [2.75, 3.05) is 46.8 Å². The third-order valence-corrected chi connectivity index (χ3v) is 7.73. The number of nitrogens with one attached hydrogen (secondary N) is 1. The normalized spacial score (nSPS) is 12.9. The van der Waals surface area contributed by atoms with Crippen molar-refractivity contribution in [3.63, 3.8) is 0 Å². The first-order valence-electron chi connectivity index (χ1n) is 14.2. The van der Waals surface area contributed by atoms with Crippen molar-refractivity contribution in [3.8, 4) is 34.4 Å². The maximum Gasteiger partial charge on any atom is 0.257 e. The van der Waals surface area contributed by atoms with Gasteiger partial charge in [0.2, 0.25) is 5.82 Å². The number of rotatable bonds is 10. The summed E-state index contributed by atoms with van der Waals surface area (Å²) in [6, 6.07) is 17.0. The quantitative estimate of drug-likeness (QED) is 0.251. The molecule has 1 amide bonds. The van der Waals surface area contributed by atoms with Crippen LogP contribution >= 0.6 is 0 Å². The van der Waals surface area contributed by atoms with E-state index < -0.39 is 0 Å². The molecule has 6 rings (SSSR count). The van der Waals surface area contributed by atoms with Gasteiger partial charge in [0.1, 0.15) is 0 Å².